The molecule has 0 aliphatic heterocycles. The third kappa shape index (κ3) is 5.14. The molecule has 1 amide bonds. The van der Waals surface area contributed by atoms with Crippen LogP contribution in [-0.4, -0.2) is 44.9 Å². The number of phenolic OH excluding ortho intramolecular Hbond substituents is 1. The van der Waals surface area contributed by atoms with Crippen LogP contribution < -0.4 is 10.2 Å². The molecule has 0 fully saturated rings. The predicted octanol–water partition coefficient (Wildman–Crippen LogP) is 2.92. The fourth-order valence-electron chi connectivity index (χ4n) is 2.60. The van der Waals surface area contributed by atoms with Gasteiger partial charge in [-0.25, -0.2) is 5.43 Å². The molecule has 3 rings (SSSR count). The number of nitrogens with zero attached hydrogens (tertiary/aromatic N) is 4. The number of phenols is 1. The highest BCUT2D eigenvalue weighted by Gasteiger charge is 2.14. The maximum absolute atomic E-state index is 12.1. The Morgan fingerprint density at radius 3 is 2.79 bits per heavy atom. The first-order chi connectivity index (χ1) is 14.1. The summed E-state index contributed by atoms with van der Waals surface area (Å²) in [4.78, 5) is 12.1. The Morgan fingerprint density at radius 2 is 2.07 bits per heavy atom. The van der Waals surface area contributed by atoms with E-state index in [0.29, 0.717) is 23.0 Å². The van der Waals surface area contributed by atoms with E-state index >= 15 is 0 Å². The van der Waals surface area contributed by atoms with Gasteiger partial charge in [0.15, 0.2) is 22.5 Å². The van der Waals surface area contributed by atoms with Crippen LogP contribution in [0.2, 0.25) is 0 Å². The van der Waals surface area contributed by atoms with Gasteiger partial charge in [0.25, 0.3) is 5.91 Å². The normalized spacial score (nSPS) is 11.0. The first-order valence-corrected chi connectivity index (χ1v) is 9.91. The number of carbonyl (C=O) groups excluding carboxylic acids is 1. The van der Waals surface area contributed by atoms with Crippen molar-refractivity contribution in [3.63, 3.8) is 0 Å². The Bertz CT molecular complexity index is 1000. The van der Waals surface area contributed by atoms with Crippen LogP contribution in [0.15, 0.2) is 58.8 Å². The van der Waals surface area contributed by atoms with Crippen LogP contribution in [0.4, 0.5) is 0 Å². The van der Waals surface area contributed by atoms with Gasteiger partial charge in [0.1, 0.15) is 0 Å². The number of methoxy groups -OCH3 is 1. The van der Waals surface area contributed by atoms with E-state index in [2.05, 4.69) is 20.7 Å². The predicted molar refractivity (Wildman–Crippen MR) is 112 cm³/mol. The molecule has 0 bridgehead atoms. The molecule has 29 heavy (non-hydrogen) atoms. The van der Waals surface area contributed by atoms with Gasteiger partial charge in [-0.15, -0.1) is 10.2 Å². The Morgan fingerprint density at radius 1 is 1.28 bits per heavy atom. The second-order valence-corrected chi connectivity index (χ2v) is 6.87. The lowest BCUT2D eigenvalue weighted by molar-refractivity contribution is -0.118. The third-order valence-electron chi connectivity index (χ3n) is 4.00. The van der Waals surface area contributed by atoms with Gasteiger partial charge in [-0.3, -0.25) is 4.79 Å². The zero-order valence-corrected chi connectivity index (χ0v) is 16.9. The molecule has 0 spiro atoms. The minimum atomic E-state index is -0.260. The number of rotatable bonds is 8. The average molecular weight is 411 g/mol. The van der Waals surface area contributed by atoms with E-state index < -0.39 is 0 Å². The molecule has 1 aromatic heterocycles. The van der Waals surface area contributed by atoms with Gasteiger partial charge in [0, 0.05) is 12.1 Å². The standard InChI is InChI=1S/C20H21N5O3S/c1-3-25-19(15-7-5-4-6-8-15)23-24-20(25)29-13-18(27)22-21-12-14-9-10-16(26)17(11-14)28-2/h4-12,26H,3,13H2,1-2H3,(H,22,27)/b21-12+. The molecule has 0 aliphatic carbocycles. The molecule has 0 unspecified atom stereocenters. The van der Waals surface area contributed by atoms with Crippen molar-refractivity contribution in [2.45, 2.75) is 18.6 Å². The van der Waals surface area contributed by atoms with Crippen molar-refractivity contribution in [1.29, 1.82) is 0 Å². The van der Waals surface area contributed by atoms with Crippen molar-refractivity contribution >= 4 is 23.9 Å². The minimum absolute atomic E-state index is 0.0417. The molecule has 150 valence electrons. The van der Waals surface area contributed by atoms with Crippen LogP contribution in [-0.2, 0) is 11.3 Å². The number of aromatic nitrogens is 3. The number of nitrogens with one attached hydrogen (secondary N) is 1. The molecule has 1 heterocycles. The van der Waals surface area contributed by atoms with Crippen molar-refractivity contribution in [3.05, 3.63) is 54.1 Å². The summed E-state index contributed by atoms with van der Waals surface area (Å²) in [5.41, 5.74) is 4.14. The van der Waals surface area contributed by atoms with Gasteiger partial charge in [0.05, 0.1) is 19.1 Å². The average Bonchev–Trinajstić information content (AvgIpc) is 3.17. The Kier molecular flexibility index (Phi) is 6.85. The molecule has 0 saturated carbocycles. The van der Waals surface area contributed by atoms with Gasteiger partial charge in [0.2, 0.25) is 0 Å². The number of hydrogen-bond donors (Lipinski definition) is 2. The molecular formula is C20H21N5O3S. The number of benzene rings is 2. The van der Waals surface area contributed by atoms with Crippen molar-refractivity contribution in [3.8, 4) is 22.9 Å². The molecule has 0 aliphatic rings. The summed E-state index contributed by atoms with van der Waals surface area (Å²) in [5, 5.41) is 22.7. The third-order valence-corrected chi connectivity index (χ3v) is 4.97. The SMILES string of the molecule is CCn1c(SCC(=O)N/N=C/c2ccc(O)c(OC)c2)nnc1-c1ccccc1. The summed E-state index contributed by atoms with van der Waals surface area (Å²) >= 11 is 1.30. The van der Waals surface area contributed by atoms with E-state index in [1.165, 1.54) is 31.2 Å². The topological polar surface area (TPSA) is 102 Å². The van der Waals surface area contributed by atoms with E-state index in [0.717, 1.165) is 11.4 Å². The van der Waals surface area contributed by atoms with Gasteiger partial charge in [-0.2, -0.15) is 5.10 Å². The molecule has 0 atom stereocenters. The second-order valence-electron chi connectivity index (χ2n) is 5.93. The van der Waals surface area contributed by atoms with Crippen molar-refractivity contribution in [2.75, 3.05) is 12.9 Å². The molecule has 9 heteroatoms. The van der Waals surface area contributed by atoms with Crippen LogP contribution in [0.25, 0.3) is 11.4 Å². The number of aromatic hydroxyl groups is 1. The molecule has 0 saturated heterocycles. The summed E-state index contributed by atoms with van der Waals surface area (Å²) < 4.78 is 7.01. The number of ether oxygens (including phenoxy) is 1. The van der Waals surface area contributed by atoms with Gasteiger partial charge in [-0.1, -0.05) is 42.1 Å². The summed E-state index contributed by atoms with van der Waals surface area (Å²) in [7, 11) is 1.47. The zero-order chi connectivity index (χ0) is 20.6. The largest absolute Gasteiger partial charge is 0.504 e. The summed E-state index contributed by atoms with van der Waals surface area (Å²) in [5.74, 6) is 1.05. The van der Waals surface area contributed by atoms with Crippen LogP contribution in [0.5, 0.6) is 11.5 Å². The van der Waals surface area contributed by atoms with Crippen LogP contribution in [0.3, 0.4) is 0 Å². The molecule has 3 aromatic rings. The monoisotopic (exact) mass is 411 g/mol. The Labute approximate surface area is 172 Å². The molecule has 2 aromatic carbocycles. The molecule has 2 N–H and O–H groups in total. The Hall–Kier alpha value is -3.33. The molecular weight excluding hydrogens is 390 g/mol. The maximum Gasteiger partial charge on any atom is 0.250 e. The molecule has 0 radical (unpaired) electrons. The van der Waals surface area contributed by atoms with Crippen LogP contribution >= 0.6 is 11.8 Å². The quantitative estimate of drug-likeness (QED) is 0.336. The summed E-state index contributed by atoms with van der Waals surface area (Å²) in [6.45, 7) is 2.71. The van der Waals surface area contributed by atoms with Crippen molar-refractivity contribution in [2.24, 2.45) is 5.10 Å². The van der Waals surface area contributed by atoms with E-state index in [9.17, 15) is 9.90 Å². The Balaban J connectivity index is 1.58. The van der Waals surface area contributed by atoms with Gasteiger partial charge < -0.3 is 14.4 Å². The lowest BCUT2D eigenvalue weighted by Gasteiger charge is -2.07. The number of hydrazone groups is 1. The molecule has 8 nitrogen and oxygen atoms in total. The second kappa shape index (κ2) is 9.74. The number of amides is 1. The van der Waals surface area contributed by atoms with E-state index in [4.69, 9.17) is 4.74 Å². The van der Waals surface area contributed by atoms with Crippen LogP contribution in [0.1, 0.15) is 12.5 Å². The van der Waals surface area contributed by atoms with E-state index in [1.807, 2.05) is 41.8 Å². The number of thioether (sulfide) groups is 1. The summed E-state index contributed by atoms with van der Waals surface area (Å²) in [6, 6.07) is 14.6. The maximum atomic E-state index is 12.1. The zero-order valence-electron chi connectivity index (χ0n) is 16.1. The fraction of sp³-hybridized carbons (Fsp3) is 0.200. The lowest BCUT2D eigenvalue weighted by atomic mass is 10.2. The summed E-state index contributed by atoms with van der Waals surface area (Å²) in [6.07, 6.45) is 1.48. The first kappa shape index (κ1) is 20.4. The van der Waals surface area contributed by atoms with E-state index in [1.54, 1.807) is 12.1 Å². The number of hydrogen-bond acceptors (Lipinski definition) is 7. The van der Waals surface area contributed by atoms with Crippen molar-refractivity contribution < 1.29 is 14.6 Å². The highest BCUT2D eigenvalue weighted by molar-refractivity contribution is 7.99. The van der Waals surface area contributed by atoms with Crippen LogP contribution in [0, 0.1) is 0 Å². The number of carbonyl (C=O) groups is 1. The van der Waals surface area contributed by atoms with Crippen molar-refractivity contribution in [1.82, 2.24) is 20.2 Å². The minimum Gasteiger partial charge on any atom is -0.504 e. The highest BCUT2D eigenvalue weighted by Crippen LogP contribution is 2.25. The first-order valence-electron chi connectivity index (χ1n) is 8.92. The van der Waals surface area contributed by atoms with Gasteiger partial charge in [-0.05, 0) is 30.7 Å². The van der Waals surface area contributed by atoms with E-state index in [-0.39, 0.29) is 17.4 Å². The lowest BCUT2D eigenvalue weighted by Crippen LogP contribution is -2.20. The highest BCUT2D eigenvalue weighted by atomic mass is 32.2. The fourth-order valence-corrected chi connectivity index (χ4v) is 3.39. The smallest absolute Gasteiger partial charge is 0.250 e. The van der Waals surface area contributed by atoms with Gasteiger partial charge >= 0.3 is 0 Å².